The summed E-state index contributed by atoms with van der Waals surface area (Å²) in [5.74, 6) is 0. The predicted molar refractivity (Wildman–Crippen MR) is 243 cm³/mol. The molecule has 0 spiro atoms. The number of hydrogen-bond acceptors (Lipinski definition) is 3. The maximum atomic E-state index is 5.67. The number of hydrogen-bond donors (Lipinski definition) is 1. The van der Waals surface area contributed by atoms with Crippen molar-refractivity contribution >= 4 is 50.5 Å². The van der Waals surface area contributed by atoms with Crippen molar-refractivity contribution in [1.29, 1.82) is 0 Å². The second-order valence-electron chi connectivity index (χ2n) is 15.4. The van der Waals surface area contributed by atoms with Crippen molar-refractivity contribution in [1.82, 2.24) is 4.57 Å². The molecule has 2 aliphatic heterocycles. The Hall–Kier alpha value is -7.43. The van der Waals surface area contributed by atoms with E-state index in [0.29, 0.717) is 0 Å². The molecule has 0 amide bonds. The van der Waals surface area contributed by atoms with Gasteiger partial charge in [0.05, 0.1) is 28.3 Å². The minimum Gasteiger partial charge on any atom is -0.346 e. The van der Waals surface area contributed by atoms with Gasteiger partial charge in [-0.3, -0.25) is 0 Å². The summed E-state index contributed by atoms with van der Waals surface area (Å²) >= 11 is 0. The molecular weight excluding hydrogens is 705 g/mol. The molecule has 58 heavy (non-hydrogen) atoms. The molecule has 1 atom stereocenters. The van der Waals surface area contributed by atoms with E-state index in [1.807, 2.05) is 0 Å². The van der Waals surface area contributed by atoms with E-state index >= 15 is 0 Å². The van der Waals surface area contributed by atoms with Crippen LogP contribution in [0.4, 0.5) is 17.1 Å². The summed E-state index contributed by atoms with van der Waals surface area (Å²) in [7, 11) is 0. The van der Waals surface area contributed by atoms with Gasteiger partial charge in [0, 0.05) is 44.6 Å². The number of para-hydroxylation sites is 4. The molecule has 8 aromatic carbocycles. The highest BCUT2D eigenvalue weighted by Crippen LogP contribution is 2.53. The number of fused-ring (bicyclic) bond motifs is 10. The number of nitrogens with one attached hydrogen (secondary N) is 1. The Morgan fingerprint density at radius 1 is 0.552 bits per heavy atom. The molecule has 9 aromatic rings. The average molecular weight is 743 g/mol. The lowest BCUT2D eigenvalue weighted by molar-refractivity contribution is 0.764. The summed E-state index contributed by atoms with van der Waals surface area (Å²) in [5, 5.41) is 7.56. The first-order valence-corrected chi connectivity index (χ1v) is 20.2. The van der Waals surface area contributed by atoms with Gasteiger partial charge >= 0.3 is 0 Å². The number of anilines is 3. The number of rotatable bonds is 4. The van der Waals surface area contributed by atoms with Gasteiger partial charge in [-0.25, -0.2) is 4.99 Å². The zero-order valence-corrected chi connectivity index (χ0v) is 31.8. The molecule has 1 unspecified atom stereocenters. The van der Waals surface area contributed by atoms with Gasteiger partial charge in [-0.15, -0.1) is 0 Å². The summed E-state index contributed by atoms with van der Waals surface area (Å²) in [6.45, 7) is 0. The first-order valence-electron chi connectivity index (χ1n) is 20.2. The van der Waals surface area contributed by atoms with Gasteiger partial charge in [0.15, 0.2) is 0 Å². The third-order valence-electron chi connectivity index (χ3n) is 12.2. The monoisotopic (exact) mass is 742 g/mol. The second kappa shape index (κ2) is 13.1. The Labute approximate surface area is 337 Å². The maximum Gasteiger partial charge on any atom is 0.201 e. The van der Waals surface area contributed by atoms with Crippen LogP contribution < -0.4 is 10.2 Å². The SMILES string of the molecule is C1=Cc2cccc(-c3ccc(C4=NC(N5c6ccccc6-c6c(n(-c7ccc8ccccc8c7)c7ccccc67)-c6ccccc65)Nc5ccccc54)cc3)c2CC1. The quantitative estimate of drug-likeness (QED) is 0.195. The fourth-order valence-corrected chi connectivity index (χ4v) is 9.61. The van der Waals surface area contributed by atoms with Gasteiger partial charge in [-0.1, -0.05) is 158 Å². The summed E-state index contributed by atoms with van der Waals surface area (Å²) in [6.07, 6.45) is 6.27. The molecule has 0 fully saturated rings. The van der Waals surface area contributed by atoms with Crippen LogP contribution in [0.15, 0.2) is 193 Å². The molecule has 3 aliphatic rings. The van der Waals surface area contributed by atoms with E-state index in [1.165, 1.54) is 60.8 Å². The van der Waals surface area contributed by atoms with Crippen molar-refractivity contribution in [3.63, 3.8) is 0 Å². The van der Waals surface area contributed by atoms with Crippen LogP contribution in [0.3, 0.4) is 0 Å². The average Bonchev–Trinajstić information content (AvgIpc) is 3.57. The Bertz CT molecular complexity index is 3160. The fourth-order valence-electron chi connectivity index (χ4n) is 9.61. The standard InChI is InChI=1S/C54H38N4/c1-2-16-39-34-40(33-32-35(39)14-1)57-48-25-10-6-20-44(48)51-45-21-7-11-26-49(45)58(50-27-12-8-22-46(50)53(51)57)54-55-47-24-9-5-19-43(47)52(56-54)38-30-28-37(29-31-38)42-23-13-17-36-15-3-4-18-41(36)42/h1-3,5-17,19-34,54-55H,4,18H2. The fraction of sp³-hybridized carbons (Fsp3) is 0.0556. The number of allylic oxidation sites excluding steroid dienone is 1. The molecule has 12 rings (SSSR count). The number of nitrogens with zero attached hydrogens (tertiary/aromatic N) is 3. The first kappa shape index (κ1) is 32.8. The summed E-state index contributed by atoms with van der Waals surface area (Å²) in [4.78, 5) is 8.08. The molecular formula is C54H38N4. The summed E-state index contributed by atoms with van der Waals surface area (Å²) < 4.78 is 2.47. The molecule has 0 saturated carbocycles. The smallest absolute Gasteiger partial charge is 0.201 e. The first-order chi connectivity index (χ1) is 28.8. The molecule has 1 aliphatic carbocycles. The molecule has 1 N–H and O–H groups in total. The third kappa shape index (κ3) is 5.05. The van der Waals surface area contributed by atoms with Crippen molar-refractivity contribution in [2.75, 3.05) is 10.2 Å². The van der Waals surface area contributed by atoms with Crippen LogP contribution in [0.25, 0.3) is 66.9 Å². The van der Waals surface area contributed by atoms with Crippen LogP contribution in [0.2, 0.25) is 0 Å². The molecule has 1 aromatic heterocycles. The molecule has 274 valence electrons. The van der Waals surface area contributed by atoms with Gasteiger partial charge in [-0.2, -0.15) is 0 Å². The maximum absolute atomic E-state index is 5.67. The van der Waals surface area contributed by atoms with Crippen molar-refractivity contribution in [3.8, 4) is 39.2 Å². The largest absolute Gasteiger partial charge is 0.346 e. The Morgan fingerprint density at radius 3 is 2.12 bits per heavy atom. The normalized spacial score (nSPS) is 15.1. The number of aliphatic imine (C=N–C) groups is 1. The zero-order chi connectivity index (χ0) is 38.2. The number of benzene rings is 8. The van der Waals surface area contributed by atoms with E-state index in [4.69, 9.17) is 4.99 Å². The van der Waals surface area contributed by atoms with E-state index in [0.717, 1.165) is 58.0 Å². The molecule has 4 heteroatoms. The summed E-state index contributed by atoms with van der Waals surface area (Å²) in [5.41, 5.74) is 18.8. The highest BCUT2D eigenvalue weighted by Gasteiger charge is 2.35. The summed E-state index contributed by atoms with van der Waals surface area (Å²) in [6, 6.07) is 66.3. The van der Waals surface area contributed by atoms with Gasteiger partial charge in [0.2, 0.25) is 6.29 Å². The molecule has 0 bridgehead atoms. The third-order valence-corrected chi connectivity index (χ3v) is 12.2. The van der Waals surface area contributed by atoms with E-state index in [2.05, 4.69) is 209 Å². The van der Waals surface area contributed by atoms with E-state index < -0.39 is 6.29 Å². The van der Waals surface area contributed by atoms with E-state index in [1.54, 1.807) is 0 Å². The van der Waals surface area contributed by atoms with Crippen molar-refractivity contribution in [3.05, 3.63) is 210 Å². The predicted octanol–water partition coefficient (Wildman–Crippen LogP) is 13.4. The lowest BCUT2D eigenvalue weighted by Crippen LogP contribution is -2.40. The second-order valence-corrected chi connectivity index (χ2v) is 15.4. The van der Waals surface area contributed by atoms with Crippen molar-refractivity contribution in [2.24, 2.45) is 4.99 Å². The van der Waals surface area contributed by atoms with Gasteiger partial charge in [0.1, 0.15) is 0 Å². The lowest BCUT2D eigenvalue weighted by Gasteiger charge is -2.37. The lowest BCUT2D eigenvalue weighted by atomic mass is 9.89. The topological polar surface area (TPSA) is 32.6 Å². The highest BCUT2D eigenvalue weighted by molar-refractivity contribution is 6.18. The minimum atomic E-state index is -0.427. The Morgan fingerprint density at radius 2 is 1.24 bits per heavy atom. The van der Waals surface area contributed by atoms with Crippen LogP contribution in [0.1, 0.15) is 28.7 Å². The Kier molecular flexibility index (Phi) is 7.39. The van der Waals surface area contributed by atoms with Crippen LogP contribution in [0, 0.1) is 0 Å². The van der Waals surface area contributed by atoms with Gasteiger partial charge < -0.3 is 14.8 Å². The van der Waals surface area contributed by atoms with Crippen molar-refractivity contribution < 1.29 is 0 Å². The molecule has 0 radical (unpaired) electrons. The van der Waals surface area contributed by atoms with Gasteiger partial charge in [0.25, 0.3) is 0 Å². The van der Waals surface area contributed by atoms with E-state index in [9.17, 15) is 0 Å². The molecule has 3 heterocycles. The van der Waals surface area contributed by atoms with Crippen molar-refractivity contribution in [2.45, 2.75) is 19.1 Å². The molecule has 0 saturated heterocycles. The highest BCUT2D eigenvalue weighted by atomic mass is 15.4. The zero-order valence-electron chi connectivity index (χ0n) is 31.8. The van der Waals surface area contributed by atoms with E-state index in [-0.39, 0.29) is 0 Å². The Balaban J connectivity index is 1.05. The number of aromatic nitrogens is 1. The van der Waals surface area contributed by atoms with Crippen LogP contribution >= 0.6 is 0 Å². The van der Waals surface area contributed by atoms with Crippen LogP contribution in [-0.4, -0.2) is 16.6 Å². The van der Waals surface area contributed by atoms with Crippen LogP contribution in [0.5, 0.6) is 0 Å². The molecule has 4 nitrogen and oxygen atoms in total. The minimum absolute atomic E-state index is 0.427. The van der Waals surface area contributed by atoms with Gasteiger partial charge in [-0.05, 0) is 82.3 Å². The van der Waals surface area contributed by atoms with Crippen LogP contribution in [-0.2, 0) is 6.42 Å².